The van der Waals surface area contributed by atoms with Crippen molar-refractivity contribution in [3.05, 3.63) is 58.9 Å². The number of aryl methyl sites for hydroxylation is 1. The lowest BCUT2D eigenvalue weighted by atomic mass is 9.98. The van der Waals surface area contributed by atoms with Gasteiger partial charge >= 0.3 is 0 Å². The summed E-state index contributed by atoms with van der Waals surface area (Å²) in [6, 6.07) is 9.78. The van der Waals surface area contributed by atoms with Gasteiger partial charge in [0.2, 0.25) is 0 Å². The SMILES string of the molecule is COCc1ccc(C(=O)N2CCCC[C@H]2c2cc3nc(N4CC[C@H](C)C4)c(C)cn3n2)cc1. The number of aromatic nitrogens is 3. The highest BCUT2D eigenvalue weighted by molar-refractivity contribution is 5.94. The molecule has 0 N–H and O–H groups in total. The lowest BCUT2D eigenvalue weighted by molar-refractivity contribution is 0.0605. The molecular formula is C26H33N5O2. The lowest BCUT2D eigenvalue weighted by Gasteiger charge is -2.34. The van der Waals surface area contributed by atoms with E-state index in [1.165, 1.54) is 6.42 Å². The molecule has 0 saturated carbocycles. The first-order chi connectivity index (χ1) is 16.0. The minimum Gasteiger partial charge on any atom is -0.380 e. The van der Waals surface area contributed by atoms with Gasteiger partial charge in [-0.2, -0.15) is 5.10 Å². The number of hydrogen-bond acceptors (Lipinski definition) is 5. The van der Waals surface area contributed by atoms with Crippen molar-refractivity contribution in [1.82, 2.24) is 19.5 Å². The van der Waals surface area contributed by atoms with Crippen molar-refractivity contribution >= 4 is 17.4 Å². The molecule has 2 aliphatic heterocycles. The first-order valence-electron chi connectivity index (χ1n) is 12.0. The number of carbonyl (C=O) groups is 1. The molecule has 2 atom stereocenters. The van der Waals surface area contributed by atoms with E-state index in [1.54, 1.807) is 7.11 Å². The number of nitrogens with zero attached hydrogens (tertiary/aromatic N) is 5. The summed E-state index contributed by atoms with van der Waals surface area (Å²) in [5, 5.41) is 4.87. The zero-order chi connectivity index (χ0) is 22.9. The van der Waals surface area contributed by atoms with Gasteiger partial charge in [-0.25, -0.2) is 9.50 Å². The lowest BCUT2D eigenvalue weighted by Crippen LogP contribution is -2.38. The third-order valence-corrected chi connectivity index (χ3v) is 6.96. The molecule has 7 heteroatoms. The van der Waals surface area contributed by atoms with Gasteiger partial charge in [-0.05, 0) is 56.2 Å². The Morgan fingerprint density at radius 2 is 1.97 bits per heavy atom. The van der Waals surface area contributed by atoms with Crippen molar-refractivity contribution in [2.75, 3.05) is 31.6 Å². The minimum atomic E-state index is -0.0258. The molecule has 33 heavy (non-hydrogen) atoms. The summed E-state index contributed by atoms with van der Waals surface area (Å²) < 4.78 is 7.07. The Hall–Kier alpha value is -2.93. The number of rotatable bonds is 5. The second-order valence-corrected chi connectivity index (χ2v) is 9.60. The molecule has 7 nitrogen and oxygen atoms in total. The van der Waals surface area contributed by atoms with Gasteiger partial charge in [0.15, 0.2) is 5.65 Å². The van der Waals surface area contributed by atoms with Gasteiger partial charge in [-0.15, -0.1) is 0 Å². The van der Waals surface area contributed by atoms with E-state index in [0.29, 0.717) is 18.1 Å². The van der Waals surface area contributed by atoms with Crippen molar-refractivity contribution in [2.45, 2.75) is 52.2 Å². The van der Waals surface area contributed by atoms with Crippen molar-refractivity contribution in [3.63, 3.8) is 0 Å². The number of hydrogen-bond donors (Lipinski definition) is 0. The third-order valence-electron chi connectivity index (χ3n) is 6.96. The maximum absolute atomic E-state index is 13.4. The Balaban J connectivity index is 1.42. The number of fused-ring (bicyclic) bond motifs is 1. The van der Waals surface area contributed by atoms with Crippen molar-refractivity contribution in [3.8, 4) is 0 Å². The molecule has 2 aromatic heterocycles. The van der Waals surface area contributed by atoms with Crippen LogP contribution in [0, 0.1) is 12.8 Å². The molecule has 0 bridgehead atoms. The summed E-state index contributed by atoms with van der Waals surface area (Å²) in [4.78, 5) is 22.8. The predicted octanol–water partition coefficient (Wildman–Crippen LogP) is 4.40. The van der Waals surface area contributed by atoms with Crippen molar-refractivity contribution in [2.24, 2.45) is 5.92 Å². The number of likely N-dealkylation sites (tertiary alicyclic amines) is 1. The Labute approximate surface area is 195 Å². The Morgan fingerprint density at radius 1 is 1.15 bits per heavy atom. The fourth-order valence-electron chi connectivity index (χ4n) is 5.19. The molecule has 2 saturated heterocycles. The first kappa shape index (κ1) is 21.9. The van der Waals surface area contributed by atoms with Crippen LogP contribution >= 0.6 is 0 Å². The first-order valence-corrected chi connectivity index (χ1v) is 12.0. The van der Waals surface area contributed by atoms with Gasteiger partial charge in [0.1, 0.15) is 5.82 Å². The summed E-state index contributed by atoms with van der Waals surface area (Å²) >= 11 is 0. The van der Waals surface area contributed by atoms with Gasteiger partial charge in [-0.1, -0.05) is 19.1 Å². The van der Waals surface area contributed by atoms with Gasteiger partial charge in [-0.3, -0.25) is 4.79 Å². The highest BCUT2D eigenvalue weighted by atomic mass is 16.5. The standard InChI is InChI=1S/C26H33N5O2/c1-18-11-13-29(15-18)25-19(2)16-31-24(27-25)14-22(28-31)23-6-4-5-12-30(23)26(32)21-9-7-20(8-10-21)17-33-3/h7-10,14,16,18,23H,4-6,11-13,15,17H2,1-3H3/t18-,23-/m0/s1. The van der Waals surface area contributed by atoms with Gasteiger partial charge in [0.05, 0.1) is 18.3 Å². The largest absolute Gasteiger partial charge is 0.380 e. The van der Waals surface area contributed by atoms with Crippen LogP contribution in [0.3, 0.4) is 0 Å². The summed E-state index contributed by atoms with van der Waals surface area (Å²) in [5.74, 6) is 1.83. The van der Waals surface area contributed by atoms with E-state index in [9.17, 15) is 4.79 Å². The average Bonchev–Trinajstić information content (AvgIpc) is 3.44. The van der Waals surface area contributed by atoms with E-state index in [2.05, 4.69) is 31.0 Å². The molecule has 2 fully saturated rings. The van der Waals surface area contributed by atoms with Crippen LogP contribution in [0.5, 0.6) is 0 Å². The molecule has 4 heterocycles. The molecule has 0 radical (unpaired) electrons. The van der Waals surface area contributed by atoms with Crippen LogP contribution in [0.4, 0.5) is 5.82 Å². The Morgan fingerprint density at radius 3 is 2.70 bits per heavy atom. The zero-order valence-electron chi connectivity index (χ0n) is 19.8. The monoisotopic (exact) mass is 447 g/mol. The summed E-state index contributed by atoms with van der Waals surface area (Å²) in [6.07, 6.45) is 6.33. The Bertz CT molecular complexity index is 1140. The molecule has 0 unspecified atom stereocenters. The van der Waals surface area contributed by atoms with Crippen molar-refractivity contribution in [1.29, 1.82) is 0 Å². The fourth-order valence-corrected chi connectivity index (χ4v) is 5.19. The number of piperidine rings is 1. The molecular weight excluding hydrogens is 414 g/mol. The third kappa shape index (κ3) is 4.34. The van der Waals surface area contributed by atoms with E-state index in [-0.39, 0.29) is 11.9 Å². The van der Waals surface area contributed by atoms with Crippen LogP contribution in [-0.2, 0) is 11.3 Å². The van der Waals surface area contributed by atoms with Crippen LogP contribution < -0.4 is 4.90 Å². The maximum atomic E-state index is 13.4. The van der Waals surface area contributed by atoms with Crippen LogP contribution in [0.1, 0.15) is 65.8 Å². The molecule has 3 aromatic rings. The van der Waals surface area contributed by atoms with Gasteiger partial charge in [0, 0.05) is 50.1 Å². The molecule has 1 aromatic carbocycles. The molecule has 5 rings (SSSR count). The molecule has 1 amide bonds. The second kappa shape index (κ2) is 9.14. The van der Waals surface area contributed by atoms with E-state index in [1.807, 2.05) is 33.7 Å². The maximum Gasteiger partial charge on any atom is 0.254 e. The minimum absolute atomic E-state index is 0.0258. The topological polar surface area (TPSA) is 63.0 Å². The molecule has 2 aliphatic rings. The summed E-state index contributed by atoms with van der Waals surface area (Å²) in [6.45, 7) is 7.81. The summed E-state index contributed by atoms with van der Waals surface area (Å²) in [5.41, 5.74) is 4.70. The molecule has 0 spiro atoms. The van der Waals surface area contributed by atoms with E-state index >= 15 is 0 Å². The summed E-state index contributed by atoms with van der Waals surface area (Å²) in [7, 11) is 1.68. The second-order valence-electron chi connectivity index (χ2n) is 9.60. The van der Waals surface area contributed by atoms with Crippen LogP contribution in [0.2, 0.25) is 0 Å². The zero-order valence-corrected chi connectivity index (χ0v) is 19.8. The number of ether oxygens (including phenoxy) is 1. The van der Waals surface area contributed by atoms with Crippen molar-refractivity contribution < 1.29 is 9.53 Å². The number of methoxy groups -OCH3 is 1. The van der Waals surface area contributed by atoms with Gasteiger partial charge in [0.25, 0.3) is 5.91 Å². The van der Waals surface area contributed by atoms with E-state index < -0.39 is 0 Å². The average molecular weight is 448 g/mol. The number of amides is 1. The fraction of sp³-hybridized carbons (Fsp3) is 0.500. The quantitative estimate of drug-likeness (QED) is 0.580. The van der Waals surface area contributed by atoms with Crippen LogP contribution in [-0.4, -0.2) is 52.1 Å². The Kier molecular flexibility index (Phi) is 6.06. The van der Waals surface area contributed by atoms with Gasteiger partial charge < -0.3 is 14.5 Å². The highest BCUT2D eigenvalue weighted by Gasteiger charge is 2.31. The van der Waals surface area contributed by atoms with E-state index in [0.717, 1.165) is 67.2 Å². The smallest absolute Gasteiger partial charge is 0.254 e. The number of anilines is 1. The van der Waals surface area contributed by atoms with Crippen LogP contribution in [0.25, 0.3) is 5.65 Å². The molecule has 174 valence electrons. The van der Waals surface area contributed by atoms with Crippen LogP contribution in [0.15, 0.2) is 36.5 Å². The normalized spacial score (nSPS) is 21.2. The molecule has 0 aliphatic carbocycles. The van der Waals surface area contributed by atoms with E-state index in [4.69, 9.17) is 14.8 Å². The predicted molar refractivity (Wildman–Crippen MR) is 129 cm³/mol. The number of carbonyl (C=O) groups excluding carboxylic acids is 1. The number of benzene rings is 1. The highest BCUT2D eigenvalue weighted by Crippen LogP contribution is 2.33.